The van der Waals surface area contributed by atoms with Crippen LogP contribution in [0.5, 0.6) is 0 Å². The maximum atomic E-state index is 5.49. The van der Waals surface area contributed by atoms with Crippen LogP contribution in [0.4, 0.5) is 11.4 Å². The average molecular weight is 491 g/mol. The van der Waals surface area contributed by atoms with Crippen molar-refractivity contribution in [1.82, 2.24) is 9.97 Å². The Morgan fingerprint density at radius 1 is 0.588 bits per heavy atom. The normalized spacial score (nSPS) is 16.9. The number of ether oxygens (including phenoxy) is 2. The van der Waals surface area contributed by atoms with E-state index in [4.69, 9.17) is 9.47 Å². The molecule has 2 aliphatic rings. The van der Waals surface area contributed by atoms with Gasteiger partial charge in [0.15, 0.2) is 0 Å². The van der Waals surface area contributed by atoms with Crippen molar-refractivity contribution in [1.29, 1.82) is 0 Å². The molecule has 6 nitrogen and oxygen atoms in total. The average Bonchev–Trinajstić information content (AvgIpc) is 2.92. The van der Waals surface area contributed by atoms with Crippen LogP contribution in [0.2, 0.25) is 0 Å². The lowest BCUT2D eigenvalue weighted by Crippen LogP contribution is -2.36. The van der Waals surface area contributed by atoms with E-state index in [0.717, 1.165) is 63.6 Å². The Bertz CT molecular complexity index is 1210. The third-order valence-electron chi connectivity index (χ3n) is 6.35. The van der Waals surface area contributed by atoms with Crippen molar-refractivity contribution >= 4 is 54.8 Å². The number of morpholine rings is 2. The Morgan fingerprint density at radius 3 is 1.47 bits per heavy atom. The van der Waals surface area contributed by atoms with Crippen molar-refractivity contribution in [3.8, 4) is 0 Å². The molecule has 0 radical (unpaired) electrons. The summed E-state index contributed by atoms with van der Waals surface area (Å²) < 4.78 is 11.0. The SMILES string of the molecule is c1cc(SSc2ccnc3cc(N4CCOCC4)ccc23)c2ccc(N3CCOCC3)cc2n1. The van der Waals surface area contributed by atoms with E-state index in [-0.39, 0.29) is 0 Å². The highest BCUT2D eigenvalue weighted by Crippen LogP contribution is 2.43. The lowest BCUT2D eigenvalue weighted by molar-refractivity contribution is 0.122. The van der Waals surface area contributed by atoms with Crippen LogP contribution < -0.4 is 9.80 Å². The van der Waals surface area contributed by atoms with Crippen molar-refractivity contribution in [2.45, 2.75) is 9.79 Å². The number of hydrogen-bond acceptors (Lipinski definition) is 8. The number of benzene rings is 2. The molecule has 174 valence electrons. The molecule has 0 N–H and O–H groups in total. The summed E-state index contributed by atoms with van der Waals surface area (Å²) in [6.45, 7) is 6.85. The fraction of sp³-hybridized carbons (Fsp3) is 0.308. The predicted octanol–water partition coefficient (Wildman–Crippen LogP) is 5.26. The quantitative estimate of drug-likeness (QED) is 0.352. The Labute approximate surface area is 207 Å². The molecule has 4 aromatic rings. The first-order valence-electron chi connectivity index (χ1n) is 11.6. The molecule has 2 aliphatic heterocycles. The van der Waals surface area contributed by atoms with Gasteiger partial charge in [-0.3, -0.25) is 9.97 Å². The van der Waals surface area contributed by atoms with Crippen LogP contribution in [0.1, 0.15) is 0 Å². The van der Waals surface area contributed by atoms with E-state index in [0.29, 0.717) is 0 Å². The second-order valence-corrected chi connectivity index (χ2v) is 10.6. The number of rotatable bonds is 5. The number of aromatic nitrogens is 2. The van der Waals surface area contributed by atoms with Crippen LogP contribution >= 0.6 is 21.6 Å². The Morgan fingerprint density at radius 2 is 1.03 bits per heavy atom. The monoisotopic (exact) mass is 490 g/mol. The summed E-state index contributed by atoms with van der Waals surface area (Å²) in [4.78, 5) is 16.5. The topological polar surface area (TPSA) is 50.7 Å². The van der Waals surface area contributed by atoms with Gasteiger partial charge < -0.3 is 19.3 Å². The maximum absolute atomic E-state index is 5.49. The van der Waals surface area contributed by atoms with E-state index in [2.05, 4.69) is 68.3 Å². The van der Waals surface area contributed by atoms with Crippen molar-refractivity contribution in [3.63, 3.8) is 0 Å². The van der Waals surface area contributed by atoms with Gasteiger partial charge in [-0.25, -0.2) is 0 Å². The van der Waals surface area contributed by atoms with Crippen LogP contribution in [-0.2, 0) is 9.47 Å². The molecule has 8 heteroatoms. The molecule has 0 saturated carbocycles. The van der Waals surface area contributed by atoms with E-state index in [1.165, 1.54) is 31.9 Å². The molecule has 0 atom stereocenters. The van der Waals surface area contributed by atoms with Crippen LogP contribution in [0.15, 0.2) is 70.7 Å². The van der Waals surface area contributed by atoms with Crippen LogP contribution in [0.25, 0.3) is 21.8 Å². The summed E-state index contributed by atoms with van der Waals surface area (Å²) >= 11 is 0. The number of pyridine rings is 2. The highest BCUT2D eigenvalue weighted by molar-refractivity contribution is 8.76. The maximum Gasteiger partial charge on any atom is 0.0734 e. The van der Waals surface area contributed by atoms with Gasteiger partial charge in [-0.15, -0.1) is 0 Å². The lowest BCUT2D eigenvalue weighted by atomic mass is 10.2. The van der Waals surface area contributed by atoms with E-state index in [9.17, 15) is 0 Å². The molecule has 2 saturated heterocycles. The van der Waals surface area contributed by atoms with Gasteiger partial charge in [0.25, 0.3) is 0 Å². The molecular weight excluding hydrogens is 464 g/mol. The van der Waals surface area contributed by atoms with Crippen molar-refractivity contribution in [2.24, 2.45) is 0 Å². The van der Waals surface area contributed by atoms with E-state index in [1.807, 2.05) is 12.4 Å². The Balaban J connectivity index is 1.23. The zero-order valence-electron chi connectivity index (χ0n) is 18.9. The number of fused-ring (bicyclic) bond motifs is 2. The van der Waals surface area contributed by atoms with Crippen LogP contribution in [-0.4, -0.2) is 62.6 Å². The van der Waals surface area contributed by atoms with Crippen molar-refractivity contribution in [2.75, 3.05) is 62.4 Å². The molecule has 0 aliphatic carbocycles. The molecule has 0 amide bonds. The first-order chi connectivity index (χ1) is 16.8. The molecule has 2 aromatic heterocycles. The minimum absolute atomic E-state index is 0.784. The van der Waals surface area contributed by atoms with Gasteiger partial charge in [-0.05, 0) is 48.5 Å². The molecule has 0 spiro atoms. The smallest absolute Gasteiger partial charge is 0.0734 e. The molecule has 0 unspecified atom stereocenters. The minimum Gasteiger partial charge on any atom is -0.378 e. The fourth-order valence-corrected chi connectivity index (χ4v) is 6.84. The Kier molecular flexibility index (Phi) is 6.46. The number of nitrogens with zero attached hydrogens (tertiary/aromatic N) is 4. The minimum atomic E-state index is 0.784. The molecule has 0 bridgehead atoms. The summed E-state index contributed by atoms with van der Waals surface area (Å²) in [5, 5.41) is 2.37. The van der Waals surface area contributed by atoms with Crippen LogP contribution in [0.3, 0.4) is 0 Å². The largest absolute Gasteiger partial charge is 0.378 e. The molecule has 2 fully saturated rings. The molecule has 6 rings (SSSR count). The number of hydrogen-bond donors (Lipinski definition) is 0. The second-order valence-electron chi connectivity index (χ2n) is 8.39. The van der Waals surface area contributed by atoms with E-state index >= 15 is 0 Å². The number of anilines is 2. The van der Waals surface area contributed by atoms with Gasteiger partial charge in [0.2, 0.25) is 0 Å². The van der Waals surface area contributed by atoms with Crippen molar-refractivity contribution in [3.05, 3.63) is 60.9 Å². The summed E-state index contributed by atoms with van der Waals surface area (Å²) in [5.74, 6) is 0. The fourth-order valence-electron chi connectivity index (χ4n) is 4.49. The molecular formula is C26H26N4O2S2. The summed E-state index contributed by atoms with van der Waals surface area (Å²) in [7, 11) is 3.56. The van der Waals surface area contributed by atoms with Crippen LogP contribution in [0, 0.1) is 0 Å². The third kappa shape index (κ3) is 4.55. The van der Waals surface area contributed by atoms with Gasteiger partial charge in [0.05, 0.1) is 37.5 Å². The van der Waals surface area contributed by atoms with E-state index < -0.39 is 0 Å². The summed E-state index contributed by atoms with van der Waals surface area (Å²) in [6.07, 6.45) is 3.82. The first kappa shape index (κ1) is 22.0. The van der Waals surface area contributed by atoms with Gasteiger partial charge in [0, 0.05) is 70.5 Å². The first-order valence-corrected chi connectivity index (χ1v) is 13.8. The highest BCUT2D eigenvalue weighted by atomic mass is 33.1. The zero-order chi connectivity index (χ0) is 22.7. The molecule has 4 heterocycles. The van der Waals surface area contributed by atoms with Gasteiger partial charge >= 0.3 is 0 Å². The van der Waals surface area contributed by atoms with Gasteiger partial charge in [-0.1, -0.05) is 21.6 Å². The molecule has 34 heavy (non-hydrogen) atoms. The summed E-state index contributed by atoms with van der Waals surface area (Å²) in [5.41, 5.74) is 4.50. The zero-order valence-corrected chi connectivity index (χ0v) is 20.5. The second kappa shape index (κ2) is 10.00. The lowest BCUT2D eigenvalue weighted by Gasteiger charge is -2.29. The van der Waals surface area contributed by atoms with E-state index in [1.54, 1.807) is 21.6 Å². The van der Waals surface area contributed by atoms with Gasteiger partial charge in [-0.2, -0.15) is 0 Å². The summed E-state index contributed by atoms with van der Waals surface area (Å²) in [6, 6.07) is 17.4. The van der Waals surface area contributed by atoms with Gasteiger partial charge in [0.1, 0.15) is 0 Å². The Hall–Kier alpha value is -2.52. The molecule has 2 aromatic carbocycles. The third-order valence-corrected chi connectivity index (χ3v) is 8.83. The highest BCUT2D eigenvalue weighted by Gasteiger charge is 2.15. The standard InChI is InChI=1S/C26H26N4O2S2/c1-3-21-23(17-19(1)29-9-13-31-14-10-29)27-7-5-25(21)33-34-26-6-8-28-24-18-20(2-4-22(24)26)30-11-15-32-16-12-30/h1-8,17-18H,9-16H2. The van der Waals surface area contributed by atoms with Crippen molar-refractivity contribution < 1.29 is 9.47 Å². The predicted molar refractivity (Wildman–Crippen MR) is 141 cm³/mol.